The molecular formula is C13H16ClN3O2. The van der Waals surface area contributed by atoms with Crippen LogP contribution in [0.5, 0.6) is 5.75 Å². The lowest BCUT2D eigenvalue weighted by Crippen LogP contribution is -2.03. The van der Waals surface area contributed by atoms with E-state index in [2.05, 4.69) is 17.1 Å². The molecule has 0 aliphatic heterocycles. The predicted octanol–water partition coefficient (Wildman–Crippen LogP) is 2.71. The molecule has 0 atom stereocenters. The number of benzene rings is 1. The summed E-state index contributed by atoms with van der Waals surface area (Å²) >= 11 is 6.05. The van der Waals surface area contributed by atoms with Crippen molar-refractivity contribution in [2.75, 3.05) is 0 Å². The van der Waals surface area contributed by atoms with E-state index in [9.17, 15) is 0 Å². The van der Waals surface area contributed by atoms with Gasteiger partial charge in [0.05, 0.1) is 0 Å². The van der Waals surface area contributed by atoms with Crippen LogP contribution >= 0.6 is 11.6 Å². The largest absolute Gasteiger partial charge is 0.483 e. The van der Waals surface area contributed by atoms with Crippen LogP contribution in [0.3, 0.4) is 0 Å². The number of nitrogens with two attached hydrogens (primary N) is 1. The first-order chi connectivity index (χ1) is 9.24. The molecule has 0 bridgehead atoms. The van der Waals surface area contributed by atoms with E-state index in [1.165, 1.54) is 0 Å². The van der Waals surface area contributed by atoms with Gasteiger partial charge >= 0.3 is 0 Å². The Labute approximate surface area is 116 Å². The van der Waals surface area contributed by atoms with Gasteiger partial charge in [0, 0.05) is 23.6 Å². The monoisotopic (exact) mass is 281 g/mol. The maximum atomic E-state index is 6.05. The van der Waals surface area contributed by atoms with Gasteiger partial charge in [0.25, 0.3) is 5.89 Å². The van der Waals surface area contributed by atoms with Crippen LogP contribution in [-0.2, 0) is 19.6 Å². The topological polar surface area (TPSA) is 74.2 Å². The molecule has 0 spiro atoms. The zero-order valence-electron chi connectivity index (χ0n) is 10.7. The van der Waals surface area contributed by atoms with Crippen molar-refractivity contribution in [2.24, 2.45) is 5.73 Å². The van der Waals surface area contributed by atoms with Crippen LogP contribution in [0.25, 0.3) is 0 Å². The fourth-order valence-electron chi connectivity index (χ4n) is 1.69. The Balaban J connectivity index is 2.03. The molecule has 0 unspecified atom stereocenters. The Morgan fingerprint density at radius 3 is 3.00 bits per heavy atom. The second-order valence-corrected chi connectivity index (χ2v) is 4.47. The number of hydrogen-bond donors (Lipinski definition) is 1. The van der Waals surface area contributed by atoms with E-state index in [1.54, 1.807) is 6.07 Å². The number of aromatic nitrogens is 2. The molecule has 0 aliphatic rings. The highest BCUT2D eigenvalue weighted by molar-refractivity contribution is 6.31. The number of ether oxygens (including phenoxy) is 1. The van der Waals surface area contributed by atoms with Gasteiger partial charge in [-0.25, -0.2) is 0 Å². The second-order valence-electron chi connectivity index (χ2n) is 4.06. The second kappa shape index (κ2) is 6.54. The van der Waals surface area contributed by atoms with Gasteiger partial charge in [0.1, 0.15) is 5.75 Å². The maximum absolute atomic E-state index is 6.05. The lowest BCUT2D eigenvalue weighted by molar-refractivity contribution is 0.240. The Kier molecular flexibility index (Phi) is 4.76. The predicted molar refractivity (Wildman–Crippen MR) is 72.0 cm³/mol. The van der Waals surface area contributed by atoms with E-state index in [-0.39, 0.29) is 6.61 Å². The van der Waals surface area contributed by atoms with Gasteiger partial charge in [0.15, 0.2) is 12.4 Å². The van der Waals surface area contributed by atoms with Crippen LogP contribution < -0.4 is 10.5 Å². The van der Waals surface area contributed by atoms with Gasteiger partial charge in [-0.1, -0.05) is 29.7 Å². The van der Waals surface area contributed by atoms with Crippen LogP contribution in [-0.4, -0.2) is 10.1 Å². The lowest BCUT2D eigenvalue weighted by Gasteiger charge is -2.09. The minimum Gasteiger partial charge on any atom is -0.483 e. The highest BCUT2D eigenvalue weighted by Gasteiger charge is 2.10. The van der Waals surface area contributed by atoms with Crippen LogP contribution in [0.15, 0.2) is 22.7 Å². The molecule has 2 aromatic rings. The van der Waals surface area contributed by atoms with Gasteiger partial charge in [-0.3, -0.25) is 0 Å². The third-order valence-corrected chi connectivity index (χ3v) is 2.97. The highest BCUT2D eigenvalue weighted by Crippen LogP contribution is 2.26. The van der Waals surface area contributed by atoms with Crippen molar-refractivity contribution >= 4 is 11.6 Å². The molecule has 0 amide bonds. The third kappa shape index (κ3) is 3.45. The molecule has 0 radical (unpaired) electrons. The van der Waals surface area contributed by atoms with Crippen LogP contribution in [0.4, 0.5) is 0 Å². The summed E-state index contributed by atoms with van der Waals surface area (Å²) in [6, 6.07) is 5.41. The van der Waals surface area contributed by atoms with Crippen LogP contribution in [0.1, 0.15) is 30.6 Å². The average Bonchev–Trinajstić information content (AvgIpc) is 2.84. The summed E-state index contributed by atoms with van der Waals surface area (Å²) in [5.41, 5.74) is 6.42. The number of aryl methyl sites for hydroxylation is 1. The molecule has 19 heavy (non-hydrogen) atoms. The smallest absolute Gasteiger partial charge is 0.264 e. The summed E-state index contributed by atoms with van der Waals surface area (Å²) in [6.45, 7) is 2.59. The van der Waals surface area contributed by atoms with Gasteiger partial charge in [-0.05, 0) is 18.6 Å². The highest BCUT2D eigenvalue weighted by atomic mass is 35.5. The first-order valence-corrected chi connectivity index (χ1v) is 6.54. The Morgan fingerprint density at radius 1 is 1.42 bits per heavy atom. The van der Waals surface area contributed by atoms with Crippen molar-refractivity contribution in [1.29, 1.82) is 0 Å². The Bertz CT molecular complexity index is 542. The van der Waals surface area contributed by atoms with E-state index < -0.39 is 0 Å². The molecule has 1 heterocycles. The fraction of sp³-hybridized carbons (Fsp3) is 0.385. The SMILES string of the molecule is CCCc1noc(COc2cccc(Cl)c2CN)n1. The first-order valence-electron chi connectivity index (χ1n) is 6.16. The van der Waals surface area contributed by atoms with Crippen molar-refractivity contribution in [3.8, 4) is 5.75 Å². The Hall–Kier alpha value is -1.59. The standard InChI is InChI=1S/C13H16ClN3O2/c1-2-4-12-16-13(19-17-12)8-18-11-6-3-5-10(14)9(11)7-15/h3,5-6H,2,4,7-8,15H2,1H3. The molecule has 102 valence electrons. The number of halogens is 1. The molecule has 2 N–H and O–H groups in total. The van der Waals surface area contributed by atoms with Gasteiger partial charge in [-0.15, -0.1) is 0 Å². The summed E-state index contributed by atoms with van der Waals surface area (Å²) in [5, 5.41) is 4.46. The third-order valence-electron chi connectivity index (χ3n) is 2.61. The molecule has 5 nitrogen and oxygen atoms in total. The van der Waals surface area contributed by atoms with Crippen molar-refractivity contribution < 1.29 is 9.26 Å². The summed E-state index contributed by atoms with van der Waals surface area (Å²) in [6.07, 6.45) is 1.78. The van der Waals surface area contributed by atoms with E-state index in [1.807, 2.05) is 12.1 Å². The van der Waals surface area contributed by atoms with Gasteiger partial charge in [0.2, 0.25) is 0 Å². The normalized spacial score (nSPS) is 10.7. The first kappa shape index (κ1) is 13.8. The van der Waals surface area contributed by atoms with Crippen molar-refractivity contribution in [3.63, 3.8) is 0 Å². The molecule has 1 aromatic heterocycles. The van der Waals surface area contributed by atoms with Crippen molar-refractivity contribution in [1.82, 2.24) is 10.1 Å². The molecule has 0 saturated carbocycles. The van der Waals surface area contributed by atoms with Crippen LogP contribution in [0.2, 0.25) is 5.02 Å². The quantitative estimate of drug-likeness (QED) is 0.881. The van der Waals surface area contributed by atoms with E-state index >= 15 is 0 Å². The number of rotatable bonds is 6. The summed E-state index contributed by atoms with van der Waals surface area (Å²) < 4.78 is 10.7. The van der Waals surface area contributed by atoms with Crippen molar-refractivity contribution in [3.05, 3.63) is 40.5 Å². The number of nitrogens with zero attached hydrogens (tertiary/aromatic N) is 2. The minimum absolute atomic E-state index is 0.212. The molecule has 0 saturated heterocycles. The van der Waals surface area contributed by atoms with E-state index in [4.69, 9.17) is 26.6 Å². The molecule has 0 aliphatic carbocycles. The van der Waals surface area contributed by atoms with Gasteiger partial charge in [-0.2, -0.15) is 4.98 Å². The molecule has 6 heteroatoms. The molecule has 2 rings (SSSR count). The van der Waals surface area contributed by atoms with E-state index in [0.29, 0.717) is 29.0 Å². The fourth-order valence-corrected chi connectivity index (χ4v) is 1.93. The molecule has 1 aromatic carbocycles. The molecular weight excluding hydrogens is 266 g/mol. The minimum atomic E-state index is 0.212. The zero-order valence-corrected chi connectivity index (χ0v) is 11.5. The summed E-state index contributed by atoms with van der Waals surface area (Å²) in [7, 11) is 0. The Morgan fingerprint density at radius 2 is 2.26 bits per heavy atom. The van der Waals surface area contributed by atoms with Gasteiger partial charge < -0.3 is 15.0 Å². The zero-order chi connectivity index (χ0) is 13.7. The van der Waals surface area contributed by atoms with E-state index in [0.717, 1.165) is 18.4 Å². The summed E-state index contributed by atoms with van der Waals surface area (Å²) in [5.74, 6) is 1.79. The summed E-state index contributed by atoms with van der Waals surface area (Å²) in [4.78, 5) is 4.23. The van der Waals surface area contributed by atoms with Crippen LogP contribution in [0, 0.1) is 0 Å². The number of hydrogen-bond acceptors (Lipinski definition) is 5. The van der Waals surface area contributed by atoms with Crippen molar-refractivity contribution in [2.45, 2.75) is 32.9 Å². The molecule has 0 fully saturated rings. The average molecular weight is 282 g/mol. The lowest BCUT2D eigenvalue weighted by atomic mass is 10.2. The maximum Gasteiger partial charge on any atom is 0.264 e.